The normalized spacial score (nSPS) is 19.7. The zero-order chi connectivity index (χ0) is 36.1. The summed E-state index contributed by atoms with van der Waals surface area (Å²) in [5.41, 5.74) is 2.01. The number of carbonyl (C=O) groups excluding carboxylic acids is 2. The average molecular weight is 724 g/mol. The van der Waals surface area contributed by atoms with E-state index in [1.807, 2.05) is 50.6 Å². The number of alkyl carbamates (subject to hydrolysis) is 1. The van der Waals surface area contributed by atoms with E-state index in [4.69, 9.17) is 26.1 Å². The molecule has 2 bridgehead atoms. The number of halogens is 1. The summed E-state index contributed by atoms with van der Waals surface area (Å²) in [7, 11) is 0.437. The van der Waals surface area contributed by atoms with Crippen LogP contribution >= 0.6 is 11.6 Å². The minimum absolute atomic E-state index is 0.0185. The Morgan fingerprint density at radius 1 is 1.14 bits per heavy atom. The highest BCUT2D eigenvalue weighted by atomic mass is 35.5. The first-order valence-corrected chi connectivity index (χ1v) is 21.7. The van der Waals surface area contributed by atoms with Crippen LogP contribution < -0.4 is 15.8 Å². The molecule has 3 fully saturated rings. The number of fused-ring (bicyclic) bond motifs is 6. The standard InChI is InChI=1S/C36H50ClN7O5Si/c1-9-44-28(20-45)30-26(40-44)13-12-24(31(30)37)25-19-43(21-48-14-15-50(6,7)8)32-29(25)33(46)41(5)34(39-32)42-17-22-10-11-23(18-42)27(16-22)38-35(47)49-36(2,3)4/h12-13,19-20,22-23,27H,9-11,14-18,21H2,1-8H3,(H,38,47)/t22-,23-,27-/m1/s1. The van der Waals surface area contributed by atoms with Gasteiger partial charge in [0.15, 0.2) is 11.9 Å². The fraction of sp³-hybridized carbons (Fsp3) is 0.583. The van der Waals surface area contributed by atoms with Crippen molar-refractivity contribution in [1.82, 2.24) is 29.2 Å². The number of carbonyl (C=O) groups is 2. The Morgan fingerprint density at radius 3 is 2.58 bits per heavy atom. The van der Waals surface area contributed by atoms with Crippen LogP contribution in [0.15, 0.2) is 23.1 Å². The average Bonchev–Trinajstić information content (AvgIpc) is 3.45. The van der Waals surface area contributed by atoms with Crippen LogP contribution in [0.1, 0.15) is 57.4 Å². The third-order valence-electron chi connectivity index (χ3n) is 9.91. The van der Waals surface area contributed by atoms with Gasteiger partial charge in [0, 0.05) is 70.1 Å². The van der Waals surface area contributed by atoms with E-state index >= 15 is 0 Å². The van der Waals surface area contributed by atoms with Crippen molar-refractivity contribution >= 4 is 59.9 Å². The van der Waals surface area contributed by atoms with Crippen LogP contribution in [0, 0.1) is 11.8 Å². The summed E-state index contributed by atoms with van der Waals surface area (Å²) in [6.07, 6.45) is 5.14. The second-order valence-corrected chi connectivity index (χ2v) is 22.1. The molecule has 3 aromatic heterocycles. The maximum Gasteiger partial charge on any atom is 0.407 e. The third-order valence-corrected chi connectivity index (χ3v) is 12.0. The summed E-state index contributed by atoms with van der Waals surface area (Å²) in [4.78, 5) is 46.8. The Kier molecular flexibility index (Phi) is 9.97. The summed E-state index contributed by atoms with van der Waals surface area (Å²) in [6, 6.07) is 4.68. The molecule has 1 aliphatic carbocycles. The van der Waals surface area contributed by atoms with Crippen molar-refractivity contribution in [3.63, 3.8) is 0 Å². The quantitative estimate of drug-likeness (QED) is 0.109. The van der Waals surface area contributed by atoms with Gasteiger partial charge in [-0.3, -0.25) is 18.8 Å². The predicted molar refractivity (Wildman–Crippen MR) is 200 cm³/mol. The molecule has 1 aromatic carbocycles. The highest BCUT2D eigenvalue weighted by molar-refractivity contribution is 6.76. The Morgan fingerprint density at radius 2 is 1.90 bits per heavy atom. The largest absolute Gasteiger partial charge is 0.444 e. The van der Waals surface area contributed by atoms with Crippen LogP contribution in [0.5, 0.6) is 0 Å². The second kappa shape index (κ2) is 13.8. The van der Waals surface area contributed by atoms with Gasteiger partial charge in [-0.25, -0.2) is 4.79 Å². The van der Waals surface area contributed by atoms with Crippen LogP contribution in [0.4, 0.5) is 10.7 Å². The molecule has 12 nitrogen and oxygen atoms in total. The molecule has 1 N–H and O–H groups in total. The van der Waals surface area contributed by atoms with E-state index in [0.717, 1.165) is 38.1 Å². The molecule has 7 rings (SSSR count). The van der Waals surface area contributed by atoms with Gasteiger partial charge in [-0.05, 0) is 70.9 Å². The summed E-state index contributed by atoms with van der Waals surface area (Å²) in [5.74, 6) is 1.09. The molecule has 1 amide bonds. The molecule has 3 aliphatic rings. The summed E-state index contributed by atoms with van der Waals surface area (Å²) in [5, 5.41) is 9.05. The third kappa shape index (κ3) is 7.22. The lowest BCUT2D eigenvalue weighted by Gasteiger charge is -2.33. The number of benzene rings is 1. The number of aldehydes is 1. The predicted octanol–water partition coefficient (Wildman–Crippen LogP) is 6.68. The maximum atomic E-state index is 14.5. The smallest absolute Gasteiger partial charge is 0.407 e. The van der Waals surface area contributed by atoms with Gasteiger partial charge in [-0.15, -0.1) is 0 Å². The number of aryl methyl sites for hydroxylation is 1. The molecule has 4 aromatic rings. The summed E-state index contributed by atoms with van der Waals surface area (Å²) < 4.78 is 16.9. The van der Waals surface area contributed by atoms with Crippen molar-refractivity contribution < 1.29 is 19.1 Å². The Balaban J connectivity index is 1.42. The minimum Gasteiger partial charge on any atom is -0.444 e. The molecule has 50 heavy (non-hydrogen) atoms. The topological polar surface area (TPSA) is 126 Å². The molecule has 2 aliphatic heterocycles. The number of aromatic nitrogens is 5. The van der Waals surface area contributed by atoms with Crippen molar-refractivity contribution in [3.05, 3.63) is 39.4 Å². The number of amides is 1. The lowest BCUT2D eigenvalue weighted by molar-refractivity contribution is 0.0465. The Labute approximate surface area is 299 Å². The van der Waals surface area contributed by atoms with Crippen molar-refractivity contribution in [2.45, 2.75) is 97.6 Å². The van der Waals surface area contributed by atoms with E-state index in [1.165, 1.54) is 0 Å². The first-order chi connectivity index (χ1) is 23.6. The number of ether oxygens (including phenoxy) is 2. The number of hydrogen-bond acceptors (Lipinski definition) is 8. The van der Waals surface area contributed by atoms with Gasteiger partial charge in [0.1, 0.15) is 18.0 Å². The van der Waals surface area contributed by atoms with E-state index in [-0.39, 0.29) is 24.2 Å². The Bertz CT molecular complexity index is 1990. The van der Waals surface area contributed by atoms with E-state index in [1.54, 1.807) is 16.3 Å². The summed E-state index contributed by atoms with van der Waals surface area (Å²) >= 11 is 7.08. The maximum absolute atomic E-state index is 14.5. The van der Waals surface area contributed by atoms with Gasteiger partial charge in [-0.1, -0.05) is 37.3 Å². The van der Waals surface area contributed by atoms with Crippen LogP contribution in [-0.2, 0) is 29.8 Å². The van der Waals surface area contributed by atoms with Crippen molar-refractivity contribution in [2.75, 3.05) is 24.6 Å². The molecular weight excluding hydrogens is 674 g/mol. The number of nitrogens with one attached hydrogen (secondary N) is 1. The zero-order valence-corrected chi connectivity index (χ0v) is 32.3. The van der Waals surface area contributed by atoms with E-state index < -0.39 is 19.8 Å². The molecule has 0 radical (unpaired) electrons. The lowest BCUT2D eigenvalue weighted by Crippen LogP contribution is -2.46. The Hall–Kier alpha value is -3.68. The number of nitrogens with zero attached hydrogens (tertiary/aromatic N) is 6. The monoisotopic (exact) mass is 723 g/mol. The van der Waals surface area contributed by atoms with E-state index in [0.29, 0.717) is 75.3 Å². The fourth-order valence-corrected chi connectivity index (χ4v) is 8.49. The molecule has 14 heteroatoms. The fourth-order valence-electron chi connectivity index (χ4n) is 7.38. The number of anilines is 1. The van der Waals surface area contributed by atoms with Crippen molar-refractivity contribution in [1.29, 1.82) is 0 Å². The first kappa shape index (κ1) is 36.1. The highest BCUT2D eigenvalue weighted by Crippen LogP contribution is 2.40. The van der Waals surface area contributed by atoms with Crippen molar-refractivity contribution in [3.8, 4) is 11.1 Å². The molecule has 1 saturated carbocycles. The van der Waals surface area contributed by atoms with Crippen LogP contribution in [-0.4, -0.2) is 75.7 Å². The van der Waals surface area contributed by atoms with Gasteiger partial charge in [0.2, 0.25) is 5.95 Å². The van der Waals surface area contributed by atoms with Gasteiger partial charge >= 0.3 is 6.09 Å². The lowest BCUT2D eigenvalue weighted by atomic mass is 9.80. The first-order valence-electron chi connectivity index (χ1n) is 17.6. The molecule has 0 spiro atoms. The molecule has 5 heterocycles. The van der Waals surface area contributed by atoms with Gasteiger partial charge in [0.25, 0.3) is 5.56 Å². The van der Waals surface area contributed by atoms with Crippen LogP contribution in [0.2, 0.25) is 30.7 Å². The molecule has 0 unspecified atom stereocenters. The molecule has 2 saturated heterocycles. The second-order valence-electron chi connectivity index (χ2n) is 16.1. The number of rotatable bonds is 10. The van der Waals surface area contributed by atoms with Crippen molar-refractivity contribution in [2.24, 2.45) is 18.9 Å². The van der Waals surface area contributed by atoms with Gasteiger partial charge in [0.05, 0.1) is 15.9 Å². The molecule has 3 atom stereocenters. The van der Waals surface area contributed by atoms with Crippen LogP contribution in [0.3, 0.4) is 0 Å². The highest BCUT2D eigenvalue weighted by Gasteiger charge is 2.39. The van der Waals surface area contributed by atoms with E-state index in [9.17, 15) is 14.4 Å². The van der Waals surface area contributed by atoms with Gasteiger partial charge < -0.3 is 24.3 Å². The van der Waals surface area contributed by atoms with E-state index in [2.05, 4.69) is 35.0 Å². The zero-order valence-electron chi connectivity index (χ0n) is 30.5. The molecule has 270 valence electrons. The number of hydrogen-bond donors (Lipinski definition) is 1. The van der Waals surface area contributed by atoms with Gasteiger partial charge in [-0.2, -0.15) is 10.1 Å². The van der Waals surface area contributed by atoms with Crippen LogP contribution in [0.25, 0.3) is 33.1 Å². The molecular formula is C36H50ClN7O5Si. The SMILES string of the molecule is CCn1nc2ccc(-c3cn(COCC[Si](C)(C)C)c4nc(N5C[C@@H]6CC[C@H](C5)[C@H](NC(=O)OC(C)(C)C)C6)n(C)c(=O)c34)c(Cl)c2c1C=O. The summed E-state index contributed by atoms with van der Waals surface area (Å²) in [6.45, 7) is 17.2. The minimum atomic E-state index is -1.33.